The molecule has 4 rings (SSSR count). The summed E-state index contributed by atoms with van der Waals surface area (Å²) in [5.74, 6) is -1.26. The molecule has 12 heteroatoms. The summed E-state index contributed by atoms with van der Waals surface area (Å²) in [7, 11) is 0. The first-order chi connectivity index (χ1) is 20.7. The summed E-state index contributed by atoms with van der Waals surface area (Å²) in [6, 6.07) is 17.5. The van der Waals surface area contributed by atoms with Crippen molar-refractivity contribution >= 4 is 52.5 Å². The van der Waals surface area contributed by atoms with E-state index in [-0.39, 0.29) is 24.7 Å². The van der Waals surface area contributed by atoms with Crippen molar-refractivity contribution in [2.45, 2.75) is 38.1 Å². The average Bonchev–Trinajstić information content (AvgIpc) is 3.47. The molecule has 0 fully saturated rings. The first-order valence-corrected chi connectivity index (χ1v) is 14.7. The van der Waals surface area contributed by atoms with Crippen LogP contribution in [0.2, 0.25) is 15.1 Å². The van der Waals surface area contributed by atoms with Crippen molar-refractivity contribution in [2.24, 2.45) is 5.73 Å². The van der Waals surface area contributed by atoms with Gasteiger partial charge in [0, 0.05) is 17.0 Å². The maximum atomic E-state index is 13.2. The first kappa shape index (κ1) is 32.2. The lowest BCUT2D eigenvalue weighted by atomic mass is 10.0. The molecule has 9 nitrogen and oxygen atoms in total. The number of nitrogens with two attached hydrogens (primary N) is 1. The number of rotatable bonds is 14. The summed E-state index contributed by atoms with van der Waals surface area (Å²) in [6.45, 7) is 0.651. The molecule has 224 valence electrons. The smallest absolute Gasteiger partial charge is 0.338 e. The van der Waals surface area contributed by atoms with Gasteiger partial charge in [0.2, 0.25) is 17.5 Å². The van der Waals surface area contributed by atoms with E-state index < -0.39 is 23.7 Å². The number of hydrogen-bond donors (Lipinski definition) is 2. The highest BCUT2D eigenvalue weighted by molar-refractivity contribution is 6.42. The van der Waals surface area contributed by atoms with Gasteiger partial charge in [0.1, 0.15) is 0 Å². The van der Waals surface area contributed by atoms with Gasteiger partial charge in [-0.25, -0.2) is 4.79 Å². The summed E-state index contributed by atoms with van der Waals surface area (Å²) in [4.78, 5) is 42.7. The zero-order valence-electron chi connectivity index (χ0n) is 23.0. The van der Waals surface area contributed by atoms with E-state index in [9.17, 15) is 14.4 Å². The molecule has 0 saturated carbocycles. The van der Waals surface area contributed by atoms with Crippen LogP contribution in [-0.2, 0) is 17.6 Å². The van der Waals surface area contributed by atoms with Gasteiger partial charge in [0.05, 0.1) is 34.7 Å². The molecule has 0 spiro atoms. The van der Waals surface area contributed by atoms with E-state index in [1.807, 2.05) is 6.07 Å². The molecule has 0 saturated heterocycles. The molecule has 1 amide bonds. The van der Waals surface area contributed by atoms with Crippen LogP contribution in [0.5, 0.6) is 0 Å². The Kier molecular flexibility index (Phi) is 11.7. The number of Topliss-reactive ketones (excluding diaryl/α,β-unsaturated/α-hetero) is 1. The fraction of sp³-hybridized carbons (Fsp3) is 0.258. The maximum absolute atomic E-state index is 13.2. The maximum Gasteiger partial charge on any atom is 0.338 e. The van der Waals surface area contributed by atoms with Gasteiger partial charge in [0.25, 0.3) is 5.91 Å². The van der Waals surface area contributed by atoms with Crippen molar-refractivity contribution in [1.29, 1.82) is 0 Å². The topological polar surface area (TPSA) is 137 Å². The molecule has 3 aromatic carbocycles. The predicted molar refractivity (Wildman–Crippen MR) is 164 cm³/mol. The monoisotopic (exact) mass is 642 g/mol. The van der Waals surface area contributed by atoms with Crippen molar-refractivity contribution in [3.8, 4) is 0 Å². The molecule has 43 heavy (non-hydrogen) atoms. The molecule has 4 aromatic rings. The molecule has 1 heterocycles. The van der Waals surface area contributed by atoms with Crippen molar-refractivity contribution in [2.75, 3.05) is 13.2 Å². The third-order valence-electron chi connectivity index (χ3n) is 6.52. The average molecular weight is 644 g/mol. The predicted octanol–water partition coefficient (Wildman–Crippen LogP) is 6.13. The fourth-order valence-electron chi connectivity index (χ4n) is 4.16. The molecular weight excluding hydrogens is 615 g/mol. The Balaban J connectivity index is 1.33. The Labute approximate surface area is 263 Å². The van der Waals surface area contributed by atoms with Crippen molar-refractivity contribution in [3.63, 3.8) is 0 Å². The number of hydrogen-bond acceptors (Lipinski definition) is 8. The van der Waals surface area contributed by atoms with Crippen LogP contribution in [0.25, 0.3) is 0 Å². The van der Waals surface area contributed by atoms with E-state index in [1.165, 1.54) is 0 Å². The normalized spacial score (nSPS) is 11.6. The molecule has 1 unspecified atom stereocenters. The number of unbranched alkanes of at least 4 members (excludes halogenated alkanes) is 1. The molecule has 0 bridgehead atoms. The Morgan fingerprint density at radius 1 is 0.884 bits per heavy atom. The largest absolute Gasteiger partial charge is 0.462 e. The molecule has 0 radical (unpaired) electrons. The summed E-state index contributed by atoms with van der Waals surface area (Å²) in [6.07, 6.45) is 2.42. The molecule has 3 N–H and O–H groups in total. The first-order valence-electron chi connectivity index (χ1n) is 13.6. The number of ketones is 1. The lowest BCUT2D eigenvalue weighted by Crippen LogP contribution is -2.41. The number of ether oxygens (including phenoxy) is 1. The van der Waals surface area contributed by atoms with Gasteiger partial charge in [-0.2, -0.15) is 4.98 Å². The van der Waals surface area contributed by atoms with Crippen LogP contribution in [0.4, 0.5) is 0 Å². The Morgan fingerprint density at radius 2 is 1.58 bits per heavy atom. The van der Waals surface area contributed by atoms with E-state index in [1.54, 1.807) is 60.7 Å². The highest BCUT2D eigenvalue weighted by Crippen LogP contribution is 2.23. The van der Waals surface area contributed by atoms with E-state index in [2.05, 4.69) is 15.5 Å². The van der Waals surface area contributed by atoms with Crippen LogP contribution in [0.15, 0.2) is 71.3 Å². The number of nitrogens with one attached hydrogen (secondary N) is 1. The number of amides is 1. The summed E-state index contributed by atoms with van der Waals surface area (Å²) >= 11 is 17.9. The van der Waals surface area contributed by atoms with Crippen LogP contribution in [0, 0.1) is 0 Å². The number of carbonyl (C=O) groups is 3. The zero-order valence-corrected chi connectivity index (χ0v) is 25.3. The van der Waals surface area contributed by atoms with Crippen LogP contribution in [0.3, 0.4) is 0 Å². The molecule has 0 aliphatic heterocycles. The van der Waals surface area contributed by atoms with E-state index >= 15 is 0 Å². The summed E-state index contributed by atoms with van der Waals surface area (Å²) in [5, 5.41) is 8.02. The number of aromatic nitrogens is 2. The van der Waals surface area contributed by atoms with E-state index in [0.717, 1.165) is 11.1 Å². The summed E-state index contributed by atoms with van der Waals surface area (Å²) in [5.41, 5.74) is 8.05. The lowest BCUT2D eigenvalue weighted by Gasteiger charge is -2.16. The van der Waals surface area contributed by atoms with Gasteiger partial charge in [-0.1, -0.05) is 58.2 Å². The molecule has 0 aliphatic rings. The SMILES string of the molecule is NCCCCC(NC(=O)c1ccc(Cl)cc1)C(=O)c1noc(Cc2ccc(C(=O)OCCc3ccc(Cl)c(Cl)c3)cc2)n1. The molecule has 0 aliphatic carbocycles. The molecular formula is C31H29Cl3N4O5. The second-order valence-electron chi connectivity index (χ2n) is 9.70. The lowest BCUT2D eigenvalue weighted by molar-refractivity contribution is 0.0509. The Hall–Kier alpha value is -3.76. The fourth-order valence-corrected chi connectivity index (χ4v) is 4.61. The second-order valence-corrected chi connectivity index (χ2v) is 11.0. The highest BCUT2D eigenvalue weighted by Gasteiger charge is 2.26. The Bertz CT molecular complexity index is 1560. The zero-order chi connectivity index (χ0) is 30.8. The third-order valence-corrected chi connectivity index (χ3v) is 7.51. The van der Waals surface area contributed by atoms with Crippen LogP contribution < -0.4 is 11.1 Å². The summed E-state index contributed by atoms with van der Waals surface area (Å²) < 4.78 is 10.7. The van der Waals surface area contributed by atoms with Crippen LogP contribution in [-0.4, -0.2) is 47.0 Å². The van der Waals surface area contributed by atoms with Gasteiger partial charge in [0.15, 0.2) is 0 Å². The minimum Gasteiger partial charge on any atom is -0.462 e. The quantitative estimate of drug-likeness (QED) is 0.0951. The van der Waals surface area contributed by atoms with Gasteiger partial charge >= 0.3 is 5.97 Å². The second kappa shape index (κ2) is 15.6. The number of benzene rings is 3. The number of esters is 1. The van der Waals surface area contributed by atoms with Gasteiger partial charge in [-0.3, -0.25) is 9.59 Å². The minimum atomic E-state index is -0.859. The number of nitrogens with zero attached hydrogens (tertiary/aromatic N) is 2. The standard InChI is InChI=1S/C31H29Cl3N4O5/c32-23-11-9-21(10-12-23)30(40)36-26(3-1-2-15-35)28(39)29-37-27(43-38-29)18-19-4-7-22(8-5-19)31(41)42-16-14-20-6-13-24(33)25(34)17-20/h4-13,17,26H,1-3,14-16,18,35H2,(H,36,40). The van der Waals surface area contributed by atoms with Gasteiger partial charge in [-0.05, 0) is 85.5 Å². The number of carbonyl (C=O) groups excluding carboxylic acids is 3. The van der Waals surface area contributed by atoms with E-state index in [0.29, 0.717) is 58.4 Å². The van der Waals surface area contributed by atoms with Crippen LogP contribution in [0.1, 0.15) is 67.6 Å². The molecule has 1 aromatic heterocycles. The van der Waals surface area contributed by atoms with Gasteiger partial charge < -0.3 is 20.3 Å². The van der Waals surface area contributed by atoms with E-state index in [4.69, 9.17) is 49.8 Å². The third kappa shape index (κ3) is 9.36. The van der Waals surface area contributed by atoms with Crippen molar-refractivity contribution in [3.05, 3.63) is 116 Å². The van der Waals surface area contributed by atoms with Gasteiger partial charge in [-0.15, -0.1) is 0 Å². The van der Waals surface area contributed by atoms with Crippen LogP contribution >= 0.6 is 34.8 Å². The molecule has 1 atom stereocenters. The van der Waals surface area contributed by atoms with Crippen molar-refractivity contribution < 1.29 is 23.6 Å². The number of halogens is 3. The van der Waals surface area contributed by atoms with Crippen molar-refractivity contribution in [1.82, 2.24) is 15.5 Å². The highest BCUT2D eigenvalue weighted by atomic mass is 35.5. The minimum absolute atomic E-state index is 0.133. The Morgan fingerprint density at radius 3 is 2.28 bits per heavy atom.